The highest BCUT2D eigenvalue weighted by molar-refractivity contribution is 5.75. The lowest BCUT2D eigenvalue weighted by Crippen LogP contribution is -2.26. The molecule has 4 nitrogen and oxygen atoms in total. The molecule has 0 saturated heterocycles. The molecule has 0 aromatic carbocycles. The molecule has 0 bridgehead atoms. The van der Waals surface area contributed by atoms with Crippen molar-refractivity contribution in [3.63, 3.8) is 0 Å². The van der Waals surface area contributed by atoms with Crippen LogP contribution in [0.5, 0.6) is 0 Å². The van der Waals surface area contributed by atoms with Crippen molar-refractivity contribution >= 4 is 5.91 Å². The summed E-state index contributed by atoms with van der Waals surface area (Å²) in [6.45, 7) is 0.578. The second kappa shape index (κ2) is 6.14. The second-order valence-electron chi connectivity index (χ2n) is 3.40. The monoisotopic (exact) mass is 208 g/mol. The Balaban J connectivity index is 2.41. The molecule has 0 aliphatic carbocycles. The summed E-state index contributed by atoms with van der Waals surface area (Å²) in [7, 11) is 1.74. The minimum Gasteiger partial charge on any atom is -0.396 e. The van der Waals surface area contributed by atoms with E-state index < -0.39 is 0 Å². The summed E-state index contributed by atoms with van der Waals surface area (Å²) in [5, 5.41) is 8.60. The number of amides is 1. The standard InChI is InChI=1S/C11H16N2O2/c1-13(11(15)6-4-8-14)9-10-5-2-3-7-12-10/h2-3,5,7,14H,4,6,8-9H2,1H3. The minimum atomic E-state index is 0.0368. The van der Waals surface area contributed by atoms with Gasteiger partial charge in [-0.1, -0.05) is 6.07 Å². The third kappa shape index (κ3) is 4.08. The molecule has 1 aromatic rings. The number of aliphatic hydroxyl groups excluding tert-OH is 1. The lowest BCUT2D eigenvalue weighted by molar-refractivity contribution is -0.130. The highest BCUT2D eigenvalue weighted by atomic mass is 16.3. The number of rotatable bonds is 5. The van der Waals surface area contributed by atoms with Crippen molar-refractivity contribution in [2.45, 2.75) is 19.4 Å². The molecule has 1 heterocycles. The summed E-state index contributed by atoms with van der Waals surface area (Å²) in [5.74, 6) is 0.0368. The average Bonchev–Trinajstić information content (AvgIpc) is 2.27. The van der Waals surface area contributed by atoms with Gasteiger partial charge in [0.25, 0.3) is 0 Å². The molecule has 0 aliphatic rings. The van der Waals surface area contributed by atoms with Crippen LogP contribution in [-0.4, -0.2) is 34.6 Å². The van der Waals surface area contributed by atoms with Gasteiger partial charge in [0, 0.05) is 26.3 Å². The molecule has 1 amide bonds. The zero-order chi connectivity index (χ0) is 11.1. The van der Waals surface area contributed by atoms with E-state index in [0.717, 1.165) is 5.69 Å². The number of nitrogens with zero attached hydrogens (tertiary/aromatic N) is 2. The highest BCUT2D eigenvalue weighted by Gasteiger charge is 2.08. The van der Waals surface area contributed by atoms with E-state index in [1.54, 1.807) is 18.1 Å². The molecule has 15 heavy (non-hydrogen) atoms. The Bertz CT molecular complexity index is 301. The largest absolute Gasteiger partial charge is 0.396 e. The Morgan fingerprint density at radius 1 is 1.53 bits per heavy atom. The number of hydrogen-bond donors (Lipinski definition) is 1. The van der Waals surface area contributed by atoms with Gasteiger partial charge >= 0.3 is 0 Å². The molecule has 0 radical (unpaired) electrons. The van der Waals surface area contributed by atoms with Gasteiger partial charge in [-0.2, -0.15) is 0 Å². The molecule has 0 saturated carbocycles. The Kier molecular flexibility index (Phi) is 4.77. The predicted molar refractivity (Wildman–Crippen MR) is 57.0 cm³/mol. The molecule has 82 valence electrons. The summed E-state index contributed by atoms with van der Waals surface area (Å²) in [6.07, 6.45) is 2.62. The summed E-state index contributed by atoms with van der Waals surface area (Å²) in [4.78, 5) is 17.3. The molecular weight excluding hydrogens is 192 g/mol. The number of pyridine rings is 1. The van der Waals surface area contributed by atoms with Crippen LogP contribution in [0.1, 0.15) is 18.5 Å². The molecule has 1 N–H and O–H groups in total. The maximum Gasteiger partial charge on any atom is 0.222 e. The molecule has 0 fully saturated rings. The number of aliphatic hydroxyl groups is 1. The second-order valence-corrected chi connectivity index (χ2v) is 3.40. The van der Waals surface area contributed by atoms with Crippen LogP contribution in [0.15, 0.2) is 24.4 Å². The van der Waals surface area contributed by atoms with Gasteiger partial charge in [-0.15, -0.1) is 0 Å². The first-order chi connectivity index (χ1) is 7.24. The highest BCUT2D eigenvalue weighted by Crippen LogP contribution is 2.01. The van der Waals surface area contributed by atoms with E-state index in [-0.39, 0.29) is 12.5 Å². The quantitative estimate of drug-likeness (QED) is 0.779. The van der Waals surface area contributed by atoms with Crippen LogP contribution in [0.3, 0.4) is 0 Å². The first-order valence-corrected chi connectivity index (χ1v) is 4.98. The number of hydrogen-bond acceptors (Lipinski definition) is 3. The summed E-state index contributed by atoms with van der Waals surface area (Å²) in [5.41, 5.74) is 0.873. The Labute approximate surface area is 89.6 Å². The van der Waals surface area contributed by atoms with Crippen molar-refractivity contribution in [3.8, 4) is 0 Å². The fraction of sp³-hybridized carbons (Fsp3) is 0.455. The van der Waals surface area contributed by atoms with Gasteiger partial charge in [0.15, 0.2) is 0 Å². The van der Waals surface area contributed by atoms with E-state index in [1.165, 1.54) is 0 Å². The van der Waals surface area contributed by atoms with Gasteiger partial charge in [0.1, 0.15) is 0 Å². The van der Waals surface area contributed by atoms with Crippen LogP contribution in [0, 0.1) is 0 Å². The van der Waals surface area contributed by atoms with Gasteiger partial charge in [0.05, 0.1) is 12.2 Å². The zero-order valence-electron chi connectivity index (χ0n) is 8.89. The molecule has 0 spiro atoms. The van der Waals surface area contributed by atoms with Crippen molar-refractivity contribution in [2.24, 2.45) is 0 Å². The summed E-state index contributed by atoms with van der Waals surface area (Å²) in [6, 6.07) is 5.63. The van der Waals surface area contributed by atoms with Crippen LogP contribution in [0.4, 0.5) is 0 Å². The van der Waals surface area contributed by atoms with Crippen LogP contribution in [0.25, 0.3) is 0 Å². The first-order valence-electron chi connectivity index (χ1n) is 4.98. The molecular formula is C11H16N2O2. The smallest absolute Gasteiger partial charge is 0.222 e. The summed E-state index contributed by atoms with van der Waals surface area (Å²) >= 11 is 0. The Hall–Kier alpha value is -1.42. The zero-order valence-corrected chi connectivity index (χ0v) is 8.89. The fourth-order valence-electron chi connectivity index (χ4n) is 1.24. The Morgan fingerprint density at radius 2 is 2.33 bits per heavy atom. The summed E-state index contributed by atoms with van der Waals surface area (Å²) < 4.78 is 0. The lowest BCUT2D eigenvalue weighted by Gasteiger charge is -2.16. The molecule has 1 rings (SSSR count). The van der Waals surface area contributed by atoms with Crippen LogP contribution >= 0.6 is 0 Å². The van der Waals surface area contributed by atoms with Gasteiger partial charge in [0.2, 0.25) is 5.91 Å². The van der Waals surface area contributed by atoms with Crippen molar-refractivity contribution in [3.05, 3.63) is 30.1 Å². The predicted octanol–water partition coefficient (Wildman–Crippen LogP) is 0.812. The third-order valence-electron chi connectivity index (χ3n) is 2.10. The van der Waals surface area contributed by atoms with E-state index in [0.29, 0.717) is 19.4 Å². The van der Waals surface area contributed by atoms with Crippen molar-refractivity contribution in [2.75, 3.05) is 13.7 Å². The van der Waals surface area contributed by atoms with E-state index in [1.807, 2.05) is 18.2 Å². The Morgan fingerprint density at radius 3 is 2.93 bits per heavy atom. The van der Waals surface area contributed by atoms with Crippen LogP contribution < -0.4 is 0 Å². The van der Waals surface area contributed by atoms with Crippen molar-refractivity contribution < 1.29 is 9.90 Å². The molecule has 4 heteroatoms. The van der Waals surface area contributed by atoms with Crippen molar-refractivity contribution in [1.82, 2.24) is 9.88 Å². The normalized spacial score (nSPS) is 10.0. The van der Waals surface area contributed by atoms with Crippen LogP contribution in [-0.2, 0) is 11.3 Å². The van der Waals surface area contributed by atoms with E-state index in [9.17, 15) is 4.79 Å². The molecule has 0 unspecified atom stereocenters. The average molecular weight is 208 g/mol. The minimum absolute atomic E-state index is 0.0368. The van der Waals surface area contributed by atoms with E-state index >= 15 is 0 Å². The lowest BCUT2D eigenvalue weighted by atomic mass is 10.2. The fourth-order valence-corrected chi connectivity index (χ4v) is 1.24. The van der Waals surface area contributed by atoms with Gasteiger partial charge in [-0.05, 0) is 18.6 Å². The third-order valence-corrected chi connectivity index (χ3v) is 2.10. The van der Waals surface area contributed by atoms with Gasteiger partial charge in [-0.25, -0.2) is 0 Å². The molecule has 0 atom stereocenters. The van der Waals surface area contributed by atoms with Crippen LogP contribution in [0.2, 0.25) is 0 Å². The SMILES string of the molecule is CN(Cc1ccccn1)C(=O)CCCO. The van der Waals surface area contributed by atoms with E-state index in [4.69, 9.17) is 5.11 Å². The van der Waals surface area contributed by atoms with Gasteiger partial charge < -0.3 is 10.0 Å². The number of aromatic nitrogens is 1. The van der Waals surface area contributed by atoms with E-state index in [2.05, 4.69) is 4.98 Å². The first kappa shape index (κ1) is 11.7. The molecule has 1 aromatic heterocycles. The van der Waals surface area contributed by atoms with Gasteiger partial charge in [-0.3, -0.25) is 9.78 Å². The number of carbonyl (C=O) groups is 1. The topological polar surface area (TPSA) is 53.4 Å². The van der Waals surface area contributed by atoms with Crippen molar-refractivity contribution in [1.29, 1.82) is 0 Å². The maximum absolute atomic E-state index is 11.5. The maximum atomic E-state index is 11.5. The molecule has 0 aliphatic heterocycles. The number of carbonyl (C=O) groups excluding carboxylic acids is 1.